The minimum atomic E-state index is -0.949. The van der Waals surface area contributed by atoms with Gasteiger partial charge in [-0.3, -0.25) is 4.79 Å². The number of primary amides is 1. The minimum absolute atomic E-state index is 0.250. The molecule has 1 aromatic heterocycles. The molecule has 0 atom stereocenters. The Morgan fingerprint density at radius 3 is 2.45 bits per heavy atom. The predicted octanol–water partition coefficient (Wildman–Crippen LogP) is 2.56. The summed E-state index contributed by atoms with van der Waals surface area (Å²) >= 11 is 0. The number of H-pyrrole nitrogens is 1. The second-order valence-electron chi connectivity index (χ2n) is 5.09. The van der Waals surface area contributed by atoms with Gasteiger partial charge in [0.05, 0.1) is 5.56 Å². The number of aromatic carboxylic acids is 1. The molecule has 0 fully saturated rings. The maximum absolute atomic E-state index is 11.6. The summed E-state index contributed by atoms with van der Waals surface area (Å²) in [5.74, 6) is -1.41. The van der Waals surface area contributed by atoms with E-state index in [2.05, 4.69) is 4.98 Å². The third-order valence-electron chi connectivity index (χ3n) is 3.65. The first-order valence-corrected chi connectivity index (χ1v) is 6.77. The maximum Gasteiger partial charge on any atom is 0.335 e. The fourth-order valence-electron chi connectivity index (χ4n) is 2.59. The highest BCUT2D eigenvalue weighted by atomic mass is 16.4. The van der Waals surface area contributed by atoms with E-state index in [0.29, 0.717) is 12.0 Å². The molecule has 5 nitrogen and oxygen atoms in total. The van der Waals surface area contributed by atoms with E-state index in [-0.39, 0.29) is 5.56 Å². The SMILES string of the molecule is NC(=O)c1cccc2[nH]cc(Cc3ccc(C(=O)O)cc3)c12. The molecule has 0 saturated carbocycles. The maximum atomic E-state index is 11.6. The summed E-state index contributed by atoms with van der Waals surface area (Å²) in [5.41, 5.74) is 8.94. The lowest BCUT2D eigenvalue weighted by atomic mass is 9.99. The lowest BCUT2D eigenvalue weighted by Crippen LogP contribution is -2.11. The van der Waals surface area contributed by atoms with Crippen molar-refractivity contribution in [2.24, 2.45) is 5.73 Å². The number of nitrogens with one attached hydrogen (secondary N) is 1. The van der Waals surface area contributed by atoms with Crippen LogP contribution >= 0.6 is 0 Å². The molecule has 3 rings (SSSR count). The number of carbonyl (C=O) groups excluding carboxylic acids is 1. The molecule has 110 valence electrons. The third kappa shape index (κ3) is 2.44. The van der Waals surface area contributed by atoms with E-state index in [1.54, 1.807) is 36.4 Å². The Labute approximate surface area is 126 Å². The average Bonchev–Trinajstić information content (AvgIpc) is 2.91. The molecule has 1 heterocycles. The summed E-state index contributed by atoms with van der Waals surface area (Å²) in [5, 5.41) is 9.73. The number of hydrogen-bond acceptors (Lipinski definition) is 2. The molecule has 0 aliphatic rings. The normalized spacial score (nSPS) is 10.7. The Bertz CT molecular complexity index is 863. The highest BCUT2D eigenvalue weighted by molar-refractivity contribution is 6.07. The molecule has 1 amide bonds. The van der Waals surface area contributed by atoms with Crippen molar-refractivity contribution >= 4 is 22.8 Å². The van der Waals surface area contributed by atoms with Crippen LogP contribution in [0.5, 0.6) is 0 Å². The number of hydrogen-bond donors (Lipinski definition) is 3. The third-order valence-corrected chi connectivity index (χ3v) is 3.65. The van der Waals surface area contributed by atoms with E-state index >= 15 is 0 Å². The van der Waals surface area contributed by atoms with Crippen molar-refractivity contribution in [1.29, 1.82) is 0 Å². The summed E-state index contributed by atoms with van der Waals surface area (Å²) in [4.78, 5) is 25.6. The van der Waals surface area contributed by atoms with Crippen LogP contribution in [0, 0.1) is 0 Å². The predicted molar refractivity (Wildman–Crippen MR) is 83.0 cm³/mol. The number of carboxylic acid groups (broad SMARTS) is 1. The molecule has 0 spiro atoms. The van der Waals surface area contributed by atoms with Crippen LogP contribution in [0.3, 0.4) is 0 Å². The number of amides is 1. The van der Waals surface area contributed by atoms with Crippen molar-refractivity contribution in [3.63, 3.8) is 0 Å². The molecule has 4 N–H and O–H groups in total. The van der Waals surface area contributed by atoms with Gasteiger partial charge in [-0.1, -0.05) is 18.2 Å². The molecule has 0 unspecified atom stereocenters. The molecular formula is C17H14N2O3. The lowest BCUT2D eigenvalue weighted by Gasteiger charge is -2.04. The van der Waals surface area contributed by atoms with E-state index in [1.807, 2.05) is 12.3 Å². The van der Waals surface area contributed by atoms with Crippen LogP contribution in [0.1, 0.15) is 31.8 Å². The van der Waals surface area contributed by atoms with Crippen LogP contribution in [0.2, 0.25) is 0 Å². The van der Waals surface area contributed by atoms with Gasteiger partial charge in [0.1, 0.15) is 0 Å². The number of aromatic nitrogens is 1. The van der Waals surface area contributed by atoms with Crippen molar-refractivity contribution in [3.05, 3.63) is 70.9 Å². The molecule has 0 saturated heterocycles. The summed E-state index contributed by atoms with van der Waals surface area (Å²) in [6.45, 7) is 0. The smallest absolute Gasteiger partial charge is 0.335 e. The van der Waals surface area contributed by atoms with E-state index in [0.717, 1.165) is 22.0 Å². The lowest BCUT2D eigenvalue weighted by molar-refractivity contribution is 0.0696. The zero-order chi connectivity index (χ0) is 15.7. The zero-order valence-corrected chi connectivity index (χ0v) is 11.7. The van der Waals surface area contributed by atoms with Crippen LogP contribution in [0.25, 0.3) is 10.9 Å². The number of carbonyl (C=O) groups is 2. The largest absolute Gasteiger partial charge is 0.478 e. The number of carboxylic acids is 1. The second kappa shape index (κ2) is 5.37. The van der Waals surface area contributed by atoms with E-state index < -0.39 is 11.9 Å². The zero-order valence-electron chi connectivity index (χ0n) is 11.7. The van der Waals surface area contributed by atoms with Gasteiger partial charge in [0.25, 0.3) is 0 Å². The van der Waals surface area contributed by atoms with Crippen molar-refractivity contribution < 1.29 is 14.7 Å². The van der Waals surface area contributed by atoms with Gasteiger partial charge < -0.3 is 15.8 Å². The fourth-order valence-corrected chi connectivity index (χ4v) is 2.59. The highest BCUT2D eigenvalue weighted by Gasteiger charge is 2.12. The summed E-state index contributed by atoms with van der Waals surface area (Å²) in [6.07, 6.45) is 2.44. The van der Waals surface area contributed by atoms with Crippen LogP contribution in [-0.2, 0) is 6.42 Å². The molecule has 5 heteroatoms. The topological polar surface area (TPSA) is 96.2 Å². The Morgan fingerprint density at radius 1 is 1.09 bits per heavy atom. The highest BCUT2D eigenvalue weighted by Crippen LogP contribution is 2.24. The van der Waals surface area contributed by atoms with E-state index in [9.17, 15) is 9.59 Å². The molecule has 0 aliphatic carbocycles. The average molecular weight is 294 g/mol. The molecule has 0 bridgehead atoms. The van der Waals surface area contributed by atoms with Gasteiger partial charge in [0.2, 0.25) is 5.91 Å². The summed E-state index contributed by atoms with van der Waals surface area (Å²) < 4.78 is 0. The number of aromatic amines is 1. The van der Waals surface area contributed by atoms with Gasteiger partial charge >= 0.3 is 5.97 Å². The number of rotatable bonds is 4. The fraction of sp³-hybridized carbons (Fsp3) is 0.0588. The second-order valence-corrected chi connectivity index (χ2v) is 5.09. The minimum Gasteiger partial charge on any atom is -0.478 e. The first-order chi connectivity index (χ1) is 10.6. The van der Waals surface area contributed by atoms with Gasteiger partial charge in [-0.05, 0) is 41.8 Å². The van der Waals surface area contributed by atoms with Crippen LogP contribution in [0.15, 0.2) is 48.7 Å². The standard InChI is InChI=1S/C17H14N2O3/c18-16(20)13-2-1-3-14-15(13)12(9-19-14)8-10-4-6-11(7-5-10)17(21)22/h1-7,9,19H,8H2,(H2,18,20)(H,21,22). The Balaban J connectivity index is 2.00. The molecule has 0 aliphatic heterocycles. The first kappa shape index (κ1) is 13.9. The quantitative estimate of drug-likeness (QED) is 0.690. The summed E-state index contributed by atoms with van der Waals surface area (Å²) in [7, 11) is 0. The molecule has 22 heavy (non-hydrogen) atoms. The van der Waals surface area contributed by atoms with Crippen LogP contribution in [-0.4, -0.2) is 22.0 Å². The van der Waals surface area contributed by atoms with Gasteiger partial charge in [-0.25, -0.2) is 4.79 Å². The van der Waals surface area contributed by atoms with Crippen molar-refractivity contribution in [1.82, 2.24) is 4.98 Å². The molecular weight excluding hydrogens is 280 g/mol. The first-order valence-electron chi connectivity index (χ1n) is 6.77. The molecule has 3 aromatic rings. The van der Waals surface area contributed by atoms with Gasteiger partial charge in [0, 0.05) is 22.7 Å². The molecule has 2 aromatic carbocycles. The Kier molecular flexibility index (Phi) is 3.39. The molecule has 0 radical (unpaired) electrons. The van der Waals surface area contributed by atoms with Crippen molar-refractivity contribution in [2.45, 2.75) is 6.42 Å². The summed E-state index contributed by atoms with van der Waals surface area (Å²) in [6, 6.07) is 12.1. The van der Waals surface area contributed by atoms with E-state index in [4.69, 9.17) is 10.8 Å². The van der Waals surface area contributed by atoms with Gasteiger partial charge in [0.15, 0.2) is 0 Å². The van der Waals surface area contributed by atoms with Gasteiger partial charge in [-0.15, -0.1) is 0 Å². The van der Waals surface area contributed by atoms with Crippen LogP contribution in [0.4, 0.5) is 0 Å². The number of fused-ring (bicyclic) bond motifs is 1. The van der Waals surface area contributed by atoms with Crippen molar-refractivity contribution in [3.8, 4) is 0 Å². The van der Waals surface area contributed by atoms with Gasteiger partial charge in [-0.2, -0.15) is 0 Å². The Morgan fingerprint density at radius 2 is 1.82 bits per heavy atom. The van der Waals surface area contributed by atoms with E-state index in [1.165, 1.54) is 0 Å². The van der Waals surface area contributed by atoms with Crippen molar-refractivity contribution in [2.75, 3.05) is 0 Å². The Hall–Kier alpha value is -3.08. The number of benzene rings is 2. The number of nitrogens with two attached hydrogens (primary N) is 1. The van der Waals surface area contributed by atoms with Crippen LogP contribution < -0.4 is 5.73 Å². The monoisotopic (exact) mass is 294 g/mol.